The van der Waals surface area contributed by atoms with E-state index >= 15 is 0 Å². The summed E-state index contributed by atoms with van der Waals surface area (Å²) >= 11 is 0. The van der Waals surface area contributed by atoms with Gasteiger partial charge in [0.1, 0.15) is 11.9 Å². The molecule has 0 aliphatic heterocycles. The summed E-state index contributed by atoms with van der Waals surface area (Å²) in [4.78, 5) is 29.1. The second-order valence-corrected chi connectivity index (χ2v) is 9.97. The lowest BCUT2D eigenvalue weighted by molar-refractivity contribution is -0.148. The molecule has 0 atom stereocenters. The standard InChI is InChI=1S/C22H19F3N6O4S/c1-29(2)36(34,35)16-10-6-7-14(11-16)27-18(32)13-30-20(33)17-12-26-31(15-8-4-3-5-9-15)19(17)28-21(30)22(23,24)25/h3-12H,13H2,1-2H3,(H,27,32). The van der Waals surface area contributed by atoms with Crippen LogP contribution in [0.1, 0.15) is 5.82 Å². The summed E-state index contributed by atoms with van der Waals surface area (Å²) in [5.74, 6) is -2.56. The van der Waals surface area contributed by atoms with Crippen molar-refractivity contribution in [3.63, 3.8) is 0 Å². The number of anilines is 1. The Labute approximate surface area is 202 Å². The van der Waals surface area contributed by atoms with Crippen LogP contribution in [0, 0.1) is 0 Å². The maximum Gasteiger partial charge on any atom is 0.449 e. The summed E-state index contributed by atoms with van der Waals surface area (Å²) in [7, 11) is -1.16. The number of hydrogen-bond acceptors (Lipinski definition) is 6. The van der Waals surface area contributed by atoms with Crippen molar-refractivity contribution in [2.24, 2.45) is 0 Å². The maximum atomic E-state index is 13.9. The molecule has 0 saturated heterocycles. The zero-order valence-electron chi connectivity index (χ0n) is 18.9. The van der Waals surface area contributed by atoms with Gasteiger partial charge in [0.05, 0.1) is 16.8 Å². The Morgan fingerprint density at radius 2 is 1.78 bits per heavy atom. The fourth-order valence-corrected chi connectivity index (χ4v) is 4.36. The van der Waals surface area contributed by atoms with Gasteiger partial charge in [0, 0.05) is 19.8 Å². The van der Waals surface area contributed by atoms with Crippen LogP contribution in [0.15, 0.2) is 70.5 Å². The molecular formula is C22H19F3N6O4S. The first-order chi connectivity index (χ1) is 16.9. The van der Waals surface area contributed by atoms with Crippen LogP contribution in [0.2, 0.25) is 0 Å². The minimum Gasteiger partial charge on any atom is -0.324 e. The molecule has 2 heterocycles. The van der Waals surface area contributed by atoms with Crippen molar-refractivity contribution in [3.8, 4) is 5.69 Å². The first-order valence-corrected chi connectivity index (χ1v) is 11.8. The molecule has 10 nitrogen and oxygen atoms in total. The van der Waals surface area contributed by atoms with Gasteiger partial charge in [0.25, 0.3) is 5.56 Å². The van der Waals surface area contributed by atoms with Gasteiger partial charge in [-0.05, 0) is 30.3 Å². The number of hydrogen-bond donors (Lipinski definition) is 1. The van der Waals surface area contributed by atoms with Crippen LogP contribution in [0.3, 0.4) is 0 Å². The summed E-state index contributed by atoms with van der Waals surface area (Å²) < 4.78 is 68.6. The number of halogens is 3. The predicted octanol–water partition coefficient (Wildman–Crippen LogP) is 2.49. The number of rotatable bonds is 6. The van der Waals surface area contributed by atoms with Gasteiger partial charge in [-0.2, -0.15) is 18.3 Å². The maximum absolute atomic E-state index is 13.9. The van der Waals surface area contributed by atoms with Crippen LogP contribution in [0.25, 0.3) is 16.7 Å². The molecule has 1 N–H and O–H groups in total. The Bertz CT molecular complexity index is 1610. The molecule has 0 unspecified atom stereocenters. The molecule has 0 radical (unpaired) electrons. The third-order valence-electron chi connectivity index (χ3n) is 5.14. The Morgan fingerprint density at radius 3 is 2.42 bits per heavy atom. The van der Waals surface area contributed by atoms with Crippen LogP contribution >= 0.6 is 0 Å². The van der Waals surface area contributed by atoms with Gasteiger partial charge in [-0.15, -0.1) is 0 Å². The molecule has 4 aromatic rings. The van der Waals surface area contributed by atoms with Crippen LogP contribution in [0.4, 0.5) is 18.9 Å². The van der Waals surface area contributed by atoms with Crippen molar-refractivity contribution in [3.05, 3.63) is 77.0 Å². The summed E-state index contributed by atoms with van der Waals surface area (Å²) in [6, 6.07) is 13.4. The van der Waals surface area contributed by atoms with E-state index in [1.807, 2.05) is 0 Å². The number of nitrogens with one attached hydrogen (secondary N) is 1. The van der Waals surface area contributed by atoms with E-state index in [-0.39, 0.29) is 26.2 Å². The number of alkyl halides is 3. The SMILES string of the molecule is CN(C)S(=O)(=O)c1cccc(NC(=O)Cn2c(C(F)(F)F)nc3c(cnn3-c3ccccc3)c2=O)c1. The zero-order valence-corrected chi connectivity index (χ0v) is 19.7. The molecule has 0 bridgehead atoms. The molecule has 0 spiro atoms. The van der Waals surface area contributed by atoms with Crippen LogP contribution < -0.4 is 10.9 Å². The second kappa shape index (κ2) is 9.20. The summed E-state index contributed by atoms with van der Waals surface area (Å²) in [6.07, 6.45) is -3.97. The van der Waals surface area contributed by atoms with Crippen molar-refractivity contribution in [2.75, 3.05) is 19.4 Å². The highest BCUT2D eigenvalue weighted by molar-refractivity contribution is 7.89. The van der Waals surface area contributed by atoms with E-state index in [4.69, 9.17) is 0 Å². The average molecular weight is 520 g/mol. The van der Waals surface area contributed by atoms with Gasteiger partial charge >= 0.3 is 6.18 Å². The smallest absolute Gasteiger partial charge is 0.324 e. The number of para-hydroxylation sites is 1. The van der Waals surface area contributed by atoms with Crippen molar-refractivity contribution in [2.45, 2.75) is 17.6 Å². The highest BCUT2D eigenvalue weighted by Gasteiger charge is 2.38. The number of fused-ring (bicyclic) bond motifs is 1. The van der Waals surface area contributed by atoms with E-state index in [9.17, 15) is 31.2 Å². The molecule has 1 amide bonds. The number of amides is 1. The number of nitrogens with zero attached hydrogens (tertiary/aromatic N) is 5. The Balaban J connectivity index is 1.72. The van der Waals surface area contributed by atoms with E-state index in [2.05, 4.69) is 15.4 Å². The molecule has 188 valence electrons. The first-order valence-electron chi connectivity index (χ1n) is 10.3. The fraction of sp³-hybridized carbons (Fsp3) is 0.182. The fourth-order valence-electron chi connectivity index (χ4n) is 3.41. The molecular weight excluding hydrogens is 501 g/mol. The lowest BCUT2D eigenvalue weighted by Gasteiger charge is -2.15. The van der Waals surface area contributed by atoms with Gasteiger partial charge in [0.15, 0.2) is 5.65 Å². The van der Waals surface area contributed by atoms with Crippen molar-refractivity contribution < 1.29 is 26.4 Å². The molecule has 0 fully saturated rings. The molecule has 0 aliphatic rings. The average Bonchev–Trinajstić information content (AvgIpc) is 3.25. The summed E-state index contributed by atoms with van der Waals surface area (Å²) in [5, 5.41) is 6.12. The molecule has 36 heavy (non-hydrogen) atoms. The first kappa shape index (κ1) is 25.1. The molecule has 4 rings (SSSR count). The Morgan fingerprint density at radius 1 is 1.08 bits per heavy atom. The topological polar surface area (TPSA) is 119 Å². The highest BCUT2D eigenvalue weighted by atomic mass is 32.2. The lowest BCUT2D eigenvalue weighted by Crippen LogP contribution is -2.34. The van der Waals surface area contributed by atoms with Gasteiger partial charge < -0.3 is 5.32 Å². The Hall–Kier alpha value is -4.04. The molecule has 14 heteroatoms. The normalized spacial score (nSPS) is 12.3. The monoisotopic (exact) mass is 520 g/mol. The van der Waals surface area contributed by atoms with E-state index in [1.165, 1.54) is 32.3 Å². The van der Waals surface area contributed by atoms with E-state index in [1.54, 1.807) is 30.3 Å². The number of aromatic nitrogens is 4. The predicted molar refractivity (Wildman–Crippen MR) is 124 cm³/mol. The van der Waals surface area contributed by atoms with Crippen molar-refractivity contribution in [1.82, 2.24) is 23.6 Å². The summed E-state index contributed by atoms with van der Waals surface area (Å²) in [6.45, 7) is -1.02. The Kier molecular flexibility index (Phi) is 6.41. The quantitative estimate of drug-likeness (QED) is 0.417. The molecule has 0 aliphatic carbocycles. The van der Waals surface area contributed by atoms with E-state index in [0.29, 0.717) is 5.69 Å². The van der Waals surface area contributed by atoms with Gasteiger partial charge in [-0.1, -0.05) is 24.3 Å². The number of benzene rings is 2. The van der Waals surface area contributed by atoms with Gasteiger partial charge in [0.2, 0.25) is 21.8 Å². The third kappa shape index (κ3) is 4.72. The molecule has 0 saturated carbocycles. The van der Waals surface area contributed by atoms with Gasteiger partial charge in [-0.25, -0.2) is 22.4 Å². The van der Waals surface area contributed by atoms with E-state index in [0.717, 1.165) is 21.3 Å². The molecule has 2 aromatic heterocycles. The lowest BCUT2D eigenvalue weighted by atomic mass is 10.3. The number of carbonyl (C=O) groups is 1. The van der Waals surface area contributed by atoms with Crippen molar-refractivity contribution >= 4 is 32.7 Å². The van der Waals surface area contributed by atoms with Crippen LogP contribution in [0.5, 0.6) is 0 Å². The number of carbonyl (C=O) groups excluding carboxylic acids is 1. The highest BCUT2D eigenvalue weighted by Crippen LogP contribution is 2.28. The minimum atomic E-state index is -5.06. The van der Waals surface area contributed by atoms with Crippen LogP contribution in [-0.4, -0.2) is 52.1 Å². The summed E-state index contributed by atoms with van der Waals surface area (Å²) in [5.41, 5.74) is -0.989. The zero-order chi connectivity index (χ0) is 26.3. The third-order valence-corrected chi connectivity index (χ3v) is 6.95. The number of sulfonamides is 1. The second-order valence-electron chi connectivity index (χ2n) is 7.82. The van der Waals surface area contributed by atoms with E-state index < -0.39 is 40.0 Å². The minimum absolute atomic E-state index is 0.0236. The van der Waals surface area contributed by atoms with Gasteiger partial charge in [-0.3, -0.25) is 14.2 Å². The van der Waals surface area contributed by atoms with Crippen LogP contribution in [-0.2, 0) is 27.5 Å². The molecule has 2 aromatic carbocycles. The van der Waals surface area contributed by atoms with Crippen molar-refractivity contribution in [1.29, 1.82) is 0 Å². The largest absolute Gasteiger partial charge is 0.449 e.